The molecule has 0 N–H and O–H groups in total. The molecule has 136 valence electrons. The largest absolute Gasteiger partial charge is 0.497 e. The molecule has 1 aliphatic heterocycles. The van der Waals surface area contributed by atoms with Crippen molar-refractivity contribution in [3.8, 4) is 23.5 Å². The van der Waals surface area contributed by atoms with Gasteiger partial charge in [0.25, 0.3) is 0 Å². The molecule has 0 radical (unpaired) electrons. The second kappa shape index (κ2) is 9.23. The van der Waals surface area contributed by atoms with Crippen LogP contribution >= 0.6 is 0 Å². The fourth-order valence-electron chi connectivity index (χ4n) is 2.56. The zero-order valence-electron chi connectivity index (χ0n) is 15.2. The van der Waals surface area contributed by atoms with Gasteiger partial charge in [0.2, 0.25) is 5.88 Å². The number of methoxy groups -OCH3 is 1. The minimum atomic E-state index is -0.0507. The normalized spacial score (nSPS) is 16.5. The number of aromatic nitrogens is 1. The third-order valence-corrected chi connectivity index (χ3v) is 4.05. The van der Waals surface area contributed by atoms with Crippen molar-refractivity contribution in [2.75, 3.05) is 33.5 Å². The fourth-order valence-corrected chi connectivity index (χ4v) is 2.56. The van der Waals surface area contributed by atoms with E-state index in [1.54, 1.807) is 7.11 Å². The second-order valence-electron chi connectivity index (χ2n) is 5.87. The lowest BCUT2D eigenvalue weighted by Crippen LogP contribution is -2.33. The number of ether oxygens (including phenoxy) is 4. The molecule has 0 bridgehead atoms. The molecular weight excluding hydrogens is 330 g/mol. The smallest absolute Gasteiger partial charge is 0.214 e. The first kappa shape index (κ1) is 18.2. The maximum absolute atomic E-state index is 5.77. The predicted octanol–water partition coefficient (Wildman–Crippen LogP) is 2.85. The van der Waals surface area contributed by atoms with E-state index in [1.807, 2.05) is 36.4 Å². The van der Waals surface area contributed by atoms with E-state index in [-0.39, 0.29) is 6.10 Å². The molecule has 0 saturated carbocycles. The predicted molar refractivity (Wildman–Crippen MR) is 98.6 cm³/mol. The summed E-state index contributed by atoms with van der Waals surface area (Å²) in [6.45, 7) is 4.31. The van der Waals surface area contributed by atoms with E-state index in [0.29, 0.717) is 32.3 Å². The lowest BCUT2D eigenvalue weighted by Gasteiger charge is -2.22. The van der Waals surface area contributed by atoms with Crippen LogP contribution in [-0.2, 0) is 15.9 Å². The van der Waals surface area contributed by atoms with E-state index in [4.69, 9.17) is 18.9 Å². The Morgan fingerprint density at radius 2 is 1.96 bits per heavy atom. The van der Waals surface area contributed by atoms with Crippen LogP contribution in [0.3, 0.4) is 0 Å². The van der Waals surface area contributed by atoms with Crippen molar-refractivity contribution in [1.29, 1.82) is 0 Å². The first-order chi connectivity index (χ1) is 12.8. The summed E-state index contributed by atoms with van der Waals surface area (Å²) in [7, 11) is 1.65. The van der Waals surface area contributed by atoms with Crippen LogP contribution in [0.2, 0.25) is 0 Å². The number of rotatable bonds is 5. The van der Waals surface area contributed by atoms with Crippen LogP contribution in [0.5, 0.6) is 11.6 Å². The van der Waals surface area contributed by atoms with Crippen molar-refractivity contribution in [1.82, 2.24) is 4.98 Å². The number of aryl methyl sites for hydroxylation is 1. The Balaban J connectivity index is 1.71. The third-order valence-electron chi connectivity index (χ3n) is 4.05. The first-order valence-electron chi connectivity index (χ1n) is 8.76. The Bertz CT molecular complexity index is 771. The van der Waals surface area contributed by atoms with E-state index in [2.05, 4.69) is 23.7 Å². The summed E-state index contributed by atoms with van der Waals surface area (Å²) in [6, 6.07) is 11.5. The Kier molecular flexibility index (Phi) is 6.48. The number of pyridine rings is 1. The molecule has 0 amide bonds. The minimum absolute atomic E-state index is 0.0507. The van der Waals surface area contributed by atoms with Gasteiger partial charge in [-0.15, -0.1) is 0 Å². The molecule has 2 aromatic rings. The molecule has 5 heteroatoms. The summed E-state index contributed by atoms with van der Waals surface area (Å²) in [5.41, 5.74) is 2.74. The molecule has 5 nitrogen and oxygen atoms in total. The van der Waals surface area contributed by atoms with Crippen LogP contribution in [0.4, 0.5) is 0 Å². The van der Waals surface area contributed by atoms with Crippen molar-refractivity contribution in [3.63, 3.8) is 0 Å². The number of nitrogens with zero attached hydrogens (tertiary/aromatic N) is 1. The van der Waals surface area contributed by atoms with Crippen LogP contribution in [0.15, 0.2) is 36.4 Å². The van der Waals surface area contributed by atoms with E-state index < -0.39 is 0 Å². The lowest BCUT2D eigenvalue weighted by atomic mass is 10.1. The SMILES string of the molecule is CCc1ccc(OC[C@@H]2COCCO2)nc1C#Cc1ccc(OC)cc1. The zero-order valence-corrected chi connectivity index (χ0v) is 15.2. The van der Waals surface area contributed by atoms with Gasteiger partial charge in [0.15, 0.2) is 0 Å². The Labute approximate surface area is 154 Å². The molecule has 2 heterocycles. The van der Waals surface area contributed by atoms with Gasteiger partial charge in [-0.25, -0.2) is 4.98 Å². The van der Waals surface area contributed by atoms with Gasteiger partial charge in [-0.05, 0) is 42.2 Å². The van der Waals surface area contributed by atoms with Gasteiger partial charge in [0, 0.05) is 11.6 Å². The molecule has 1 atom stereocenters. The van der Waals surface area contributed by atoms with E-state index in [9.17, 15) is 0 Å². The van der Waals surface area contributed by atoms with Crippen molar-refractivity contribution < 1.29 is 18.9 Å². The molecule has 1 saturated heterocycles. The molecule has 1 aromatic heterocycles. The minimum Gasteiger partial charge on any atom is -0.497 e. The van der Waals surface area contributed by atoms with Crippen molar-refractivity contribution in [2.24, 2.45) is 0 Å². The number of hydrogen-bond acceptors (Lipinski definition) is 5. The third kappa shape index (κ3) is 4.98. The molecule has 0 unspecified atom stereocenters. The zero-order chi connectivity index (χ0) is 18.2. The average molecular weight is 353 g/mol. The highest BCUT2D eigenvalue weighted by atomic mass is 16.6. The van der Waals surface area contributed by atoms with E-state index in [1.165, 1.54) is 0 Å². The van der Waals surface area contributed by atoms with E-state index in [0.717, 1.165) is 29.0 Å². The molecule has 0 spiro atoms. The molecule has 1 aliphatic rings. The Morgan fingerprint density at radius 1 is 1.12 bits per heavy atom. The second-order valence-corrected chi connectivity index (χ2v) is 5.87. The van der Waals surface area contributed by atoms with E-state index >= 15 is 0 Å². The lowest BCUT2D eigenvalue weighted by molar-refractivity contribution is -0.102. The first-order valence-corrected chi connectivity index (χ1v) is 8.76. The highest BCUT2D eigenvalue weighted by molar-refractivity contribution is 5.45. The van der Waals surface area contributed by atoms with Crippen LogP contribution < -0.4 is 9.47 Å². The summed E-state index contributed by atoms with van der Waals surface area (Å²) in [5, 5.41) is 0. The molecule has 3 rings (SSSR count). The van der Waals surface area contributed by atoms with Gasteiger partial charge >= 0.3 is 0 Å². The van der Waals surface area contributed by atoms with Gasteiger partial charge < -0.3 is 18.9 Å². The van der Waals surface area contributed by atoms with Crippen LogP contribution in [0.1, 0.15) is 23.7 Å². The highest BCUT2D eigenvalue weighted by Gasteiger charge is 2.15. The maximum Gasteiger partial charge on any atom is 0.214 e. The van der Waals surface area contributed by atoms with Crippen molar-refractivity contribution >= 4 is 0 Å². The van der Waals surface area contributed by atoms with Crippen LogP contribution in [-0.4, -0.2) is 44.6 Å². The van der Waals surface area contributed by atoms with Gasteiger partial charge in [0.1, 0.15) is 24.2 Å². The monoisotopic (exact) mass is 353 g/mol. The quantitative estimate of drug-likeness (QED) is 0.774. The summed E-state index contributed by atoms with van der Waals surface area (Å²) in [6.07, 6.45) is 0.810. The summed E-state index contributed by atoms with van der Waals surface area (Å²) in [5.74, 6) is 7.67. The van der Waals surface area contributed by atoms with Gasteiger partial charge in [-0.3, -0.25) is 0 Å². The standard InChI is InChI=1S/C21H23NO4/c1-3-17-7-11-21(26-15-19-14-24-12-13-25-19)22-20(17)10-6-16-4-8-18(23-2)9-5-16/h4-5,7-9,11,19H,3,12-15H2,1-2H3/t19-/m0/s1. The number of benzene rings is 1. The summed E-state index contributed by atoms with van der Waals surface area (Å²) < 4.78 is 21.9. The topological polar surface area (TPSA) is 49.8 Å². The molecule has 0 aliphatic carbocycles. The molecule has 26 heavy (non-hydrogen) atoms. The molecule has 1 aromatic carbocycles. The van der Waals surface area contributed by atoms with Crippen molar-refractivity contribution in [2.45, 2.75) is 19.4 Å². The van der Waals surface area contributed by atoms with Crippen molar-refractivity contribution in [3.05, 3.63) is 53.2 Å². The molecular formula is C21H23NO4. The highest BCUT2D eigenvalue weighted by Crippen LogP contribution is 2.15. The number of hydrogen-bond donors (Lipinski definition) is 0. The summed E-state index contributed by atoms with van der Waals surface area (Å²) >= 11 is 0. The Morgan fingerprint density at radius 3 is 2.65 bits per heavy atom. The molecule has 1 fully saturated rings. The Hall–Kier alpha value is -2.55. The average Bonchev–Trinajstić information content (AvgIpc) is 2.72. The van der Waals surface area contributed by atoms with Crippen LogP contribution in [0.25, 0.3) is 0 Å². The fraction of sp³-hybridized carbons (Fsp3) is 0.381. The maximum atomic E-state index is 5.77. The van der Waals surface area contributed by atoms with Gasteiger partial charge in [-0.1, -0.05) is 18.9 Å². The van der Waals surface area contributed by atoms with Gasteiger partial charge in [-0.2, -0.15) is 0 Å². The van der Waals surface area contributed by atoms with Crippen LogP contribution in [0, 0.1) is 11.8 Å². The summed E-state index contributed by atoms with van der Waals surface area (Å²) in [4.78, 5) is 4.56. The van der Waals surface area contributed by atoms with Gasteiger partial charge in [0.05, 0.1) is 26.9 Å².